The average molecular weight is 306 g/mol. The summed E-state index contributed by atoms with van der Waals surface area (Å²) < 4.78 is 6.44. The van der Waals surface area contributed by atoms with Crippen LogP contribution in [0.25, 0.3) is 11.5 Å². The molecule has 21 heavy (non-hydrogen) atoms. The lowest BCUT2D eigenvalue weighted by Crippen LogP contribution is -2.02. The van der Waals surface area contributed by atoms with Crippen molar-refractivity contribution in [3.63, 3.8) is 0 Å². The van der Waals surface area contributed by atoms with Gasteiger partial charge in [-0.1, -0.05) is 34.1 Å². The third-order valence-electron chi connectivity index (χ3n) is 2.63. The van der Waals surface area contributed by atoms with E-state index < -0.39 is 5.97 Å². The number of aromatic nitrogens is 5. The molecule has 106 valence electrons. The molecule has 0 atom stereocenters. The number of nitrogens with zero attached hydrogens (tertiary/aromatic N) is 5. The molecule has 0 amide bonds. The molecule has 8 nitrogen and oxygen atoms in total. The zero-order chi connectivity index (χ0) is 14.8. The van der Waals surface area contributed by atoms with E-state index in [0.29, 0.717) is 16.4 Å². The Balaban J connectivity index is 1.82. The summed E-state index contributed by atoms with van der Waals surface area (Å²) in [6.07, 6.45) is 1.29. The lowest BCUT2D eigenvalue weighted by atomic mass is 10.2. The minimum atomic E-state index is -1.15. The Morgan fingerprint density at radius 2 is 2.19 bits per heavy atom. The molecule has 0 radical (unpaired) electrons. The fourth-order valence-electron chi connectivity index (χ4n) is 1.68. The van der Waals surface area contributed by atoms with Gasteiger partial charge in [0.25, 0.3) is 5.89 Å². The molecule has 0 aliphatic rings. The molecule has 0 bridgehead atoms. The number of aromatic carboxylic acids is 1. The van der Waals surface area contributed by atoms with Gasteiger partial charge in [-0.3, -0.25) is 0 Å². The summed E-state index contributed by atoms with van der Waals surface area (Å²) in [5.41, 5.74) is 0.479. The fourth-order valence-corrected chi connectivity index (χ4v) is 1.90. The van der Waals surface area contributed by atoms with Crippen molar-refractivity contribution in [1.29, 1.82) is 0 Å². The van der Waals surface area contributed by atoms with Crippen LogP contribution in [0.5, 0.6) is 0 Å². The van der Waals surface area contributed by atoms with Crippen LogP contribution in [0.4, 0.5) is 0 Å². The van der Waals surface area contributed by atoms with Crippen molar-refractivity contribution in [3.8, 4) is 11.5 Å². The van der Waals surface area contributed by atoms with Gasteiger partial charge in [0.1, 0.15) is 6.54 Å². The van der Waals surface area contributed by atoms with E-state index >= 15 is 0 Å². The number of benzene rings is 1. The van der Waals surface area contributed by atoms with Gasteiger partial charge in [0.05, 0.1) is 16.8 Å². The van der Waals surface area contributed by atoms with Crippen molar-refractivity contribution >= 4 is 17.6 Å². The monoisotopic (exact) mass is 305 g/mol. The molecule has 3 rings (SSSR count). The van der Waals surface area contributed by atoms with E-state index in [9.17, 15) is 4.79 Å². The number of carboxylic acids is 1. The Bertz CT molecular complexity index is 798. The Morgan fingerprint density at radius 3 is 2.90 bits per heavy atom. The fraction of sp³-hybridized carbons (Fsp3) is 0.0833. The number of carboxylic acid groups (broad SMARTS) is 1. The summed E-state index contributed by atoms with van der Waals surface area (Å²) >= 11 is 6.05. The van der Waals surface area contributed by atoms with E-state index in [0.717, 1.165) is 0 Å². The summed E-state index contributed by atoms with van der Waals surface area (Å²) in [7, 11) is 0. The van der Waals surface area contributed by atoms with Gasteiger partial charge < -0.3 is 9.63 Å². The van der Waals surface area contributed by atoms with Gasteiger partial charge in [-0.15, -0.1) is 5.10 Å². The molecule has 0 aliphatic heterocycles. The minimum absolute atomic E-state index is 0.147. The minimum Gasteiger partial charge on any atom is -0.476 e. The molecular formula is C12H8ClN5O3. The molecule has 1 aromatic carbocycles. The van der Waals surface area contributed by atoms with Crippen LogP contribution in [0.1, 0.15) is 16.3 Å². The number of halogens is 1. The van der Waals surface area contributed by atoms with Crippen molar-refractivity contribution in [2.45, 2.75) is 6.54 Å². The number of carbonyl (C=O) groups is 1. The average Bonchev–Trinajstić information content (AvgIpc) is 3.09. The smallest absolute Gasteiger partial charge is 0.358 e. The van der Waals surface area contributed by atoms with Gasteiger partial charge in [-0.05, 0) is 12.1 Å². The number of hydrogen-bond acceptors (Lipinski definition) is 6. The van der Waals surface area contributed by atoms with Crippen molar-refractivity contribution in [3.05, 3.63) is 47.0 Å². The third-order valence-corrected chi connectivity index (χ3v) is 2.96. The molecule has 0 unspecified atom stereocenters. The normalized spacial score (nSPS) is 10.7. The molecule has 1 N–H and O–H groups in total. The molecule has 0 saturated carbocycles. The lowest BCUT2D eigenvalue weighted by molar-refractivity contribution is 0.0690. The Kier molecular flexibility index (Phi) is 3.36. The highest BCUT2D eigenvalue weighted by Crippen LogP contribution is 2.25. The first-order valence-corrected chi connectivity index (χ1v) is 6.22. The van der Waals surface area contributed by atoms with Crippen LogP contribution in [-0.2, 0) is 6.54 Å². The zero-order valence-corrected chi connectivity index (χ0v) is 11.2. The van der Waals surface area contributed by atoms with Gasteiger partial charge in [0.15, 0.2) is 11.5 Å². The molecule has 9 heteroatoms. The van der Waals surface area contributed by atoms with Crippen LogP contribution in [-0.4, -0.2) is 36.2 Å². The SMILES string of the molecule is O=C(O)c1cn(Cc2noc(-c3ccccc3Cl)n2)nn1. The summed E-state index contributed by atoms with van der Waals surface area (Å²) in [6.45, 7) is 0.147. The van der Waals surface area contributed by atoms with Gasteiger partial charge >= 0.3 is 5.97 Å². The van der Waals surface area contributed by atoms with Crippen molar-refractivity contribution in [2.75, 3.05) is 0 Å². The van der Waals surface area contributed by atoms with Crippen LogP contribution < -0.4 is 0 Å². The van der Waals surface area contributed by atoms with Gasteiger partial charge in [-0.25, -0.2) is 9.48 Å². The van der Waals surface area contributed by atoms with Crippen molar-refractivity contribution < 1.29 is 14.4 Å². The summed E-state index contributed by atoms with van der Waals surface area (Å²) in [4.78, 5) is 14.9. The highest BCUT2D eigenvalue weighted by molar-refractivity contribution is 6.33. The largest absolute Gasteiger partial charge is 0.476 e. The van der Waals surface area contributed by atoms with Crippen LogP contribution >= 0.6 is 11.6 Å². The molecular weight excluding hydrogens is 298 g/mol. The van der Waals surface area contributed by atoms with Crippen molar-refractivity contribution in [1.82, 2.24) is 25.1 Å². The second-order valence-electron chi connectivity index (χ2n) is 4.10. The third kappa shape index (κ3) is 2.75. The van der Waals surface area contributed by atoms with Gasteiger partial charge in [0.2, 0.25) is 0 Å². The zero-order valence-electron chi connectivity index (χ0n) is 10.5. The Morgan fingerprint density at radius 1 is 1.38 bits per heavy atom. The van der Waals surface area contributed by atoms with E-state index in [4.69, 9.17) is 21.2 Å². The molecule has 2 heterocycles. The first-order chi connectivity index (χ1) is 10.1. The quantitative estimate of drug-likeness (QED) is 0.782. The second-order valence-corrected chi connectivity index (χ2v) is 4.51. The maximum atomic E-state index is 10.7. The second kappa shape index (κ2) is 5.33. The topological polar surface area (TPSA) is 107 Å². The highest BCUT2D eigenvalue weighted by Gasteiger charge is 2.14. The van der Waals surface area contributed by atoms with Crippen molar-refractivity contribution in [2.24, 2.45) is 0 Å². The van der Waals surface area contributed by atoms with Crippen LogP contribution in [0.3, 0.4) is 0 Å². The van der Waals surface area contributed by atoms with Gasteiger partial charge in [0, 0.05) is 0 Å². The summed E-state index contributed by atoms with van der Waals surface area (Å²) in [5, 5.41) is 20.2. The summed E-state index contributed by atoms with van der Waals surface area (Å²) in [6, 6.07) is 7.09. The number of rotatable bonds is 4. The first kappa shape index (κ1) is 13.3. The molecule has 2 aromatic heterocycles. The highest BCUT2D eigenvalue weighted by atomic mass is 35.5. The van der Waals surface area contributed by atoms with E-state index in [1.807, 2.05) is 6.07 Å². The maximum Gasteiger partial charge on any atom is 0.358 e. The molecule has 0 spiro atoms. The maximum absolute atomic E-state index is 10.7. The van der Waals surface area contributed by atoms with E-state index in [-0.39, 0.29) is 18.1 Å². The first-order valence-electron chi connectivity index (χ1n) is 5.84. The molecule has 0 fully saturated rings. The lowest BCUT2D eigenvalue weighted by Gasteiger charge is -1.96. The molecule has 0 saturated heterocycles. The standard InChI is InChI=1S/C12H8ClN5O3/c13-8-4-2-1-3-7(8)11-14-10(16-21-11)6-18-5-9(12(19)20)15-17-18/h1-5H,6H2,(H,19,20). The Hall–Kier alpha value is -2.74. The predicted octanol–water partition coefficient (Wildman–Crippen LogP) is 1.73. The van der Waals surface area contributed by atoms with E-state index in [1.165, 1.54) is 10.9 Å². The molecule has 0 aliphatic carbocycles. The summed E-state index contributed by atoms with van der Waals surface area (Å²) in [5.74, 6) is -0.521. The van der Waals surface area contributed by atoms with Gasteiger partial charge in [-0.2, -0.15) is 4.98 Å². The van der Waals surface area contributed by atoms with Crippen LogP contribution in [0, 0.1) is 0 Å². The predicted molar refractivity (Wildman–Crippen MR) is 70.8 cm³/mol. The number of hydrogen-bond donors (Lipinski definition) is 1. The van der Waals surface area contributed by atoms with Crippen LogP contribution in [0.2, 0.25) is 5.02 Å². The van der Waals surface area contributed by atoms with Crippen LogP contribution in [0.15, 0.2) is 35.0 Å². The Labute approximate surface area is 123 Å². The van der Waals surface area contributed by atoms with E-state index in [1.54, 1.807) is 18.2 Å². The van der Waals surface area contributed by atoms with E-state index in [2.05, 4.69) is 20.5 Å². The molecule has 3 aromatic rings.